The number of ketones is 1. The van der Waals surface area contributed by atoms with E-state index in [0.717, 1.165) is 22.3 Å². The SMILES string of the molecule is Cc1ccccc1/C=C(/C(=O)/C(=C/c1ccccc1C)C(C)(C)C)C(C)(C)C. The van der Waals surface area contributed by atoms with Crippen molar-refractivity contribution in [1.82, 2.24) is 0 Å². The largest absolute Gasteiger partial charge is 0.289 e. The van der Waals surface area contributed by atoms with E-state index in [0.29, 0.717) is 0 Å². The van der Waals surface area contributed by atoms with Crippen LogP contribution in [0.25, 0.3) is 12.2 Å². The molecular weight excluding hydrogens is 340 g/mol. The quantitative estimate of drug-likeness (QED) is 0.508. The number of aryl methyl sites for hydroxylation is 2. The number of hydrogen-bond acceptors (Lipinski definition) is 1. The van der Waals surface area contributed by atoms with Crippen molar-refractivity contribution in [3.05, 3.63) is 81.9 Å². The first-order valence-corrected chi connectivity index (χ1v) is 10.0. The molecule has 0 heterocycles. The molecule has 148 valence electrons. The molecule has 1 heteroatoms. The van der Waals surface area contributed by atoms with Crippen LogP contribution in [0.15, 0.2) is 59.7 Å². The Labute approximate surface area is 171 Å². The maximum absolute atomic E-state index is 13.8. The smallest absolute Gasteiger partial charge is 0.186 e. The third-order valence-electron chi connectivity index (χ3n) is 5.08. The number of carbonyl (C=O) groups is 1. The minimum Gasteiger partial charge on any atom is -0.289 e. The second kappa shape index (κ2) is 8.31. The predicted molar refractivity (Wildman–Crippen MR) is 122 cm³/mol. The first-order valence-electron chi connectivity index (χ1n) is 10.0. The van der Waals surface area contributed by atoms with Gasteiger partial charge in [-0.1, -0.05) is 90.1 Å². The molecule has 0 aliphatic rings. The van der Waals surface area contributed by atoms with Crippen LogP contribution in [0.4, 0.5) is 0 Å². The highest BCUT2D eigenvalue weighted by Gasteiger charge is 2.31. The van der Waals surface area contributed by atoms with Crippen LogP contribution in [0.2, 0.25) is 0 Å². The third kappa shape index (κ3) is 5.32. The molecule has 0 unspecified atom stereocenters. The van der Waals surface area contributed by atoms with E-state index in [4.69, 9.17) is 0 Å². The lowest BCUT2D eigenvalue weighted by Crippen LogP contribution is -2.25. The molecule has 28 heavy (non-hydrogen) atoms. The number of rotatable bonds is 4. The lowest BCUT2D eigenvalue weighted by Gasteiger charge is -2.29. The Morgan fingerprint density at radius 2 is 0.964 bits per heavy atom. The summed E-state index contributed by atoms with van der Waals surface area (Å²) in [6.07, 6.45) is 4.16. The van der Waals surface area contributed by atoms with Gasteiger partial charge in [0.1, 0.15) is 0 Å². The summed E-state index contributed by atoms with van der Waals surface area (Å²) >= 11 is 0. The zero-order valence-electron chi connectivity index (χ0n) is 18.7. The van der Waals surface area contributed by atoms with Crippen molar-refractivity contribution in [3.63, 3.8) is 0 Å². The van der Waals surface area contributed by atoms with Crippen molar-refractivity contribution >= 4 is 17.9 Å². The molecule has 0 aliphatic heterocycles. The summed E-state index contributed by atoms with van der Waals surface area (Å²) in [7, 11) is 0. The Hall–Kier alpha value is -2.41. The molecule has 2 rings (SSSR count). The second-order valence-electron chi connectivity index (χ2n) is 9.66. The zero-order chi connectivity index (χ0) is 21.1. The van der Waals surface area contributed by atoms with Gasteiger partial charge in [0.05, 0.1) is 0 Å². The van der Waals surface area contributed by atoms with Gasteiger partial charge in [-0.25, -0.2) is 0 Å². The average Bonchev–Trinajstić information content (AvgIpc) is 2.57. The lowest BCUT2D eigenvalue weighted by atomic mass is 9.74. The Morgan fingerprint density at radius 3 is 1.25 bits per heavy atom. The zero-order valence-corrected chi connectivity index (χ0v) is 18.7. The summed E-state index contributed by atoms with van der Waals surface area (Å²) in [5.41, 5.74) is 5.74. The molecule has 1 nitrogen and oxygen atoms in total. The second-order valence-corrected chi connectivity index (χ2v) is 9.66. The fourth-order valence-electron chi connectivity index (χ4n) is 3.20. The first-order chi connectivity index (χ1) is 12.9. The van der Waals surface area contributed by atoms with Crippen molar-refractivity contribution in [2.75, 3.05) is 0 Å². The highest BCUT2D eigenvalue weighted by Crippen LogP contribution is 2.37. The van der Waals surface area contributed by atoms with Crippen LogP contribution >= 0.6 is 0 Å². The minimum absolute atomic E-state index is 0.131. The highest BCUT2D eigenvalue weighted by atomic mass is 16.1. The van der Waals surface area contributed by atoms with E-state index in [1.807, 2.05) is 24.3 Å². The van der Waals surface area contributed by atoms with Crippen molar-refractivity contribution in [2.45, 2.75) is 55.4 Å². The molecule has 0 saturated carbocycles. The third-order valence-corrected chi connectivity index (χ3v) is 5.08. The van der Waals surface area contributed by atoms with E-state index >= 15 is 0 Å². The molecular formula is C27H34O. The van der Waals surface area contributed by atoms with Crippen LogP contribution in [0, 0.1) is 24.7 Å². The van der Waals surface area contributed by atoms with Gasteiger partial charge < -0.3 is 0 Å². The first kappa shape index (κ1) is 21.9. The summed E-state index contributed by atoms with van der Waals surface area (Å²) in [5, 5.41) is 0. The summed E-state index contributed by atoms with van der Waals surface area (Å²) in [5.74, 6) is 0.131. The maximum atomic E-state index is 13.8. The molecule has 0 aliphatic carbocycles. The van der Waals surface area contributed by atoms with Crippen molar-refractivity contribution in [3.8, 4) is 0 Å². The predicted octanol–water partition coefficient (Wildman–Crippen LogP) is 7.43. The lowest BCUT2D eigenvalue weighted by molar-refractivity contribution is -0.113. The van der Waals surface area contributed by atoms with Gasteiger partial charge in [-0.15, -0.1) is 0 Å². The fourth-order valence-corrected chi connectivity index (χ4v) is 3.20. The summed E-state index contributed by atoms with van der Waals surface area (Å²) in [6, 6.07) is 16.4. The molecule has 2 aromatic carbocycles. The van der Waals surface area contributed by atoms with Gasteiger partial charge >= 0.3 is 0 Å². The van der Waals surface area contributed by atoms with Gasteiger partial charge in [0.15, 0.2) is 5.78 Å². The normalized spacial score (nSPS) is 13.6. The van der Waals surface area contributed by atoms with Crippen LogP contribution in [0.1, 0.15) is 63.8 Å². The number of hydrogen-bond donors (Lipinski definition) is 0. The van der Waals surface area contributed by atoms with Crippen LogP contribution < -0.4 is 0 Å². The van der Waals surface area contributed by atoms with Crippen LogP contribution in [0.5, 0.6) is 0 Å². The number of allylic oxidation sites excluding steroid dienone is 2. The molecule has 0 saturated heterocycles. The van der Waals surface area contributed by atoms with E-state index in [9.17, 15) is 4.79 Å². The standard InChI is InChI=1S/C27H34O/c1-19-13-9-11-15-21(19)17-23(26(3,4)5)25(28)24(27(6,7)8)18-22-16-12-10-14-20(22)2/h9-18H,1-8H3/b23-17-,24-18-. The molecule has 2 aromatic rings. The summed E-state index contributed by atoms with van der Waals surface area (Å²) < 4.78 is 0. The Morgan fingerprint density at radius 1 is 0.643 bits per heavy atom. The van der Waals surface area contributed by atoms with Crippen LogP contribution in [-0.2, 0) is 4.79 Å². The van der Waals surface area contributed by atoms with Gasteiger partial charge in [0.25, 0.3) is 0 Å². The van der Waals surface area contributed by atoms with E-state index in [1.54, 1.807) is 0 Å². The fraction of sp³-hybridized carbons (Fsp3) is 0.370. The van der Waals surface area contributed by atoms with Crippen molar-refractivity contribution < 1.29 is 4.79 Å². The molecule has 0 amide bonds. The average molecular weight is 375 g/mol. The topological polar surface area (TPSA) is 17.1 Å². The maximum Gasteiger partial charge on any atom is 0.186 e. The molecule has 0 spiro atoms. The molecule has 0 radical (unpaired) electrons. The van der Waals surface area contributed by atoms with Crippen molar-refractivity contribution in [2.24, 2.45) is 10.8 Å². The van der Waals surface area contributed by atoms with Gasteiger partial charge in [0, 0.05) is 11.1 Å². The van der Waals surface area contributed by atoms with Crippen molar-refractivity contribution in [1.29, 1.82) is 0 Å². The van der Waals surface area contributed by atoms with E-state index in [-0.39, 0.29) is 16.6 Å². The van der Waals surface area contributed by atoms with Gasteiger partial charge in [-0.3, -0.25) is 4.79 Å². The van der Waals surface area contributed by atoms with E-state index in [1.165, 1.54) is 11.1 Å². The Bertz CT molecular complexity index is 836. The van der Waals surface area contributed by atoms with E-state index in [2.05, 4.69) is 91.8 Å². The minimum atomic E-state index is -0.255. The Balaban J connectivity index is 2.66. The number of carbonyl (C=O) groups excluding carboxylic acids is 1. The molecule has 0 atom stereocenters. The van der Waals surface area contributed by atoms with Crippen LogP contribution in [0.3, 0.4) is 0 Å². The van der Waals surface area contributed by atoms with E-state index < -0.39 is 0 Å². The number of benzene rings is 2. The number of Topliss-reactive ketones (excluding diaryl/α,β-unsaturated/α-hetero) is 1. The molecule has 0 fully saturated rings. The molecule has 0 bridgehead atoms. The van der Waals surface area contributed by atoms with Gasteiger partial charge in [-0.2, -0.15) is 0 Å². The van der Waals surface area contributed by atoms with Gasteiger partial charge in [0.2, 0.25) is 0 Å². The molecule has 0 N–H and O–H groups in total. The summed E-state index contributed by atoms with van der Waals surface area (Å²) in [6.45, 7) is 16.9. The highest BCUT2D eigenvalue weighted by molar-refractivity contribution is 6.14. The van der Waals surface area contributed by atoms with Crippen LogP contribution in [-0.4, -0.2) is 5.78 Å². The summed E-state index contributed by atoms with van der Waals surface area (Å²) in [4.78, 5) is 13.8. The molecule has 0 aromatic heterocycles. The Kier molecular flexibility index (Phi) is 6.49. The monoisotopic (exact) mass is 374 g/mol. The van der Waals surface area contributed by atoms with Gasteiger partial charge in [-0.05, 0) is 59.1 Å².